The van der Waals surface area contributed by atoms with E-state index in [2.05, 4.69) is 0 Å². The van der Waals surface area contributed by atoms with Gasteiger partial charge in [-0.2, -0.15) is 5.26 Å². The van der Waals surface area contributed by atoms with Gasteiger partial charge in [-0.15, -0.1) is 0 Å². The molecular weight excluding hydrogens is 220 g/mol. The first-order chi connectivity index (χ1) is 8.02. The summed E-state index contributed by atoms with van der Waals surface area (Å²) in [4.78, 5) is 13.3. The van der Waals surface area contributed by atoms with Gasteiger partial charge in [0, 0.05) is 7.05 Å². The fourth-order valence-corrected chi connectivity index (χ4v) is 1.31. The first-order valence-corrected chi connectivity index (χ1v) is 5.05. The molecule has 1 aromatic carbocycles. The molecule has 90 valence electrons. The van der Waals surface area contributed by atoms with Crippen molar-refractivity contribution in [3.8, 4) is 17.6 Å². The number of carbonyl (C=O) groups excluding carboxylic acids is 1. The molecule has 1 atom stereocenters. The van der Waals surface area contributed by atoms with Crippen molar-refractivity contribution in [2.45, 2.75) is 13.0 Å². The lowest BCUT2D eigenvalue weighted by molar-refractivity contribution is 0.0769. The molecule has 0 fully saturated rings. The maximum Gasteiger partial charge on any atom is 0.258 e. The number of para-hydroxylation sites is 1. The maximum atomic E-state index is 12.0. The molecule has 1 N–H and O–H groups in total. The van der Waals surface area contributed by atoms with Gasteiger partial charge in [-0.25, -0.2) is 0 Å². The summed E-state index contributed by atoms with van der Waals surface area (Å²) in [6, 6.07) is 6.04. The summed E-state index contributed by atoms with van der Waals surface area (Å²) < 4.78 is 4.92. The third-order valence-electron chi connectivity index (χ3n) is 2.54. The van der Waals surface area contributed by atoms with Crippen molar-refractivity contribution in [3.63, 3.8) is 0 Å². The summed E-state index contributed by atoms with van der Waals surface area (Å²) in [6.45, 7) is 1.61. The van der Waals surface area contributed by atoms with E-state index in [9.17, 15) is 9.90 Å². The zero-order valence-electron chi connectivity index (χ0n) is 9.97. The first-order valence-electron chi connectivity index (χ1n) is 5.05. The van der Waals surface area contributed by atoms with Crippen LogP contribution in [0.2, 0.25) is 0 Å². The van der Waals surface area contributed by atoms with E-state index in [4.69, 9.17) is 10.00 Å². The van der Waals surface area contributed by atoms with Gasteiger partial charge in [0.25, 0.3) is 5.91 Å². The van der Waals surface area contributed by atoms with E-state index in [1.165, 1.54) is 25.1 Å². The summed E-state index contributed by atoms with van der Waals surface area (Å²) in [5, 5.41) is 18.5. The maximum absolute atomic E-state index is 12.0. The Morgan fingerprint density at radius 1 is 1.59 bits per heavy atom. The van der Waals surface area contributed by atoms with Gasteiger partial charge in [0.15, 0.2) is 11.5 Å². The molecule has 1 aromatic rings. The molecule has 0 radical (unpaired) electrons. The van der Waals surface area contributed by atoms with E-state index in [-0.39, 0.29) is 17.1 Å². The number of hydrogen-bond acceptors (Lipinski definition) is 4. The average Bonchev–Trinajstić information content (AvgIpc) is 2.36. The predicted octanol–water partition coefficient (Wildman–Crippen LogP) is 1.38. The van der Waals surface area contributed by atoms with Gasteiger partial charge in [-0.3, -0.25) is 4.79 Å². The number of benzene rings is 1. The third kappa shape index (κ3) is 2.48. The molecule has 0 spiro atoms. The van der Waals surface area contributed by atoms with Gasteiger partial charge in [-0.05, 0) is 19.1 Å². The minimum absolute atomic E-state index is 0.119. The van der Waals surface area contributed by atoms with Crippen LogP contribution in [0.1, 0.15) is 17.3 Å². The number of nitrogens with zero attached hydrogens (tertiary/aromatic N) is 2. The zero-order valence-corrected chi connectivity index (χ0v) is 9.97. The molecule has 0 saturated carbocycles. The van der Waals surface area contributed by atoms with Crippen molar-refractivity contribution in [1.82, 2.24) is 4.90 Å². The van der Waals surface area contributed by atoms with Gasteiger partial charge >= 0.3 is 0 Å². The lowest BCUT2D eigenvalue weighted by Crippen LogP contribution is -2.34. The van der Waals surface area contributed by atoms with Crippen LogP contribution in [0.5, 0.6) is 11.5 Å². The minimum atomic E-state index is -0.562. The van der Waals surface area contributed by atoms with Crippen LogP contribution in [0, 0.1) is 11.3 Å². The smallest absolute Gasteiger partial charge is 0.258 e. The molecule has 1 rings (SSSR count). The molecule has 1 amide bonds. The Balaban J connectivity index is 3.10. The fraction of sp³-hybridized carbons (Fsp3) is 0.333. The average molecular weight is 234 g/mol. The standard InChI is InChI=1S/C12H14N2O3/c1-8(7-13)14(2)12(16)9-5-4-6-10(17-3)11(9)15/h4-6,8,15H,1-3H3. The second kappa shape index (κ2) is 5.21. The highest BCUT2D eigenvalue weighted by Crippen LogP contribution is 2.30. The van der Waals surface area contributed by atoms with Crippen LogP contribution in [-0.2, 0) is 0 Å². The number of aromatic hydroxyl groups is 1. The van der Waals surface area contributed by atoms with Crippen LogP contribution in [0.15, 0.2) is 18.2 Å². The van der Waals surface area contributed by atoms with Crippen LogP contribution in [-0.4, -0.2) is 36.1 Å². The highest BCUT2D eigenvalue weighted by Gasteiger charge is 2.21. The van der Waals surface area contributed by atoms with E-state index < -0.39 is 11.9 Å². The summed E-state index contributed by atoms with van der Waals surface area (Å²) in [5.41, 5.74) is 0.119. The minimum Gasteiger partial charge on any atom is -0.504 e. The quantitative estimate of drug-likeness (QED) is 0.857. The van der Waals surface area contributed by atoms with Gasteiger partial charge in [0.1, 0.15) is 6.04 Å². The van der Waals surface area contributed by atoms with Gasteiger partial charge in [0.2, 0.25) is 0 Å². The molecular formula is C12H14N2O3. The lowest BCUT2D eigenvalue weighted by atomic mass is 10.1. The number of phenolic OH excluding ortho intramolecular Hbond substituents is 1. The van der Waals surface area contributed by atoms with Crippen LogP contribution < -0.4 is 4.74 Å². The highest BCUT2D eigenvalue weighted by atomic mass is 16.5. The van der Waals surface area contributed by atoms with Crippen molar-refractivity contribution in [1.29, 1.82) is 5.26 Å². The van der Waals surface area contributed by atoms with E-state index in [0.717, 1.165) is 0 Å². The Kier molecular flexibility index (Phi) is 3.94. The topological polar surface area (TPSA) is 73.6 Å². The number of hydrogen-bond donors (Lipinski definition) is 1. The van der Waals surface area contributed by atoms with Crippen molar-refractivity contribution < 1.29 is 14.6 Å². The molecule has 0 saturated heterocycles. The predicted molar refractivity (Wildman–Crippen MR) is 61.8 cm³/mol. The number of amides is 1. The Labute approximate surface area is 99.8 Å². The van der Waals surface area contributed by atoms with Gasteiger partial charge in [0.05, 0.1) is 18.7 Å². The van der Waals surface area contributed by atoms with E-state index in [1.807, 2.05) is 6.07 Å². The molecule has 0 aliphatic heterocycles. The molecule has 0 bridgehead atoms. The monoisotopic (exact) mass is 234 g/mol. The summed E-state index contributed by atoms with van der Waals surface area (Å²) in [6.07, 6.45) is 0. The number of nitriles is 1. The van der Waals surface area contributed by atoms with Crippen LogP contribution in [0.4, 0.5) is 0 Å². The molecule has 5 nitrogen and oxygen atoms in total. The number of phenols is 1. The molecule has 0 aliphatic rings. The number of ether oxygens (including phenoxy) is 1. The fourth-order valence-electron chi connectivity index (χ4n) is 1.31. The van der Waals surface area contributed by atoms with Crippen molar-refractivity contribution in [3.05, 3.63) is 23.8 Å². The molecule has 0 aromatic heterocycles. The molecule has 0 heterocycles. The summed E-state index contributed by atoms with van der Waals surface area (Å²) >= 11 is 0. The van der Waals surface area contributed by atoms with Crippen molar-refractivity contribution >= 4 is 5.91 Å². The van der Waals surface area contributed by atoms with Crippen LogP contribution >= 0.6 is 0 Å². The Morgan fingerprint density at radius 3 is 2.76 bits per heavy atom. The van der Waals surface area contributed by atoms with Crippen LogP contribution in [0.25, 0.3) is 0 Å². The van der Waals surface area contributed by atoms with Crippen molar-refractivity contribution in [2.24, 2.45) is 0 Å². The second-order valence-electron chi connectivity index (χ2n) is 3.58. The van der Waals surface area contributed by atoms with E-state index in [0.29, 0.717) is 0 Å². The second-order valence-corrected chi connectivity index (χ2v) is 3.58. The lowest BCUT2D eigenvalue weighted by Gasteiger charge is -2.20. The Morgan fingerprint density at radius 2 is 2.24 bits per heavy atom. The summed E-state index contributed by atoms with van der Waals surface area (Å²) in [7, 11) is 2.92. The molecule has 1 unspecified atom stereocenters. The Hall–Kier alpha value is -2.22. The van der Waals surface area contributed by atoms with Gasteiger partial charge < -0.3 is 14.7 Å². The summed E-state index contributed by atoms with van der Waals surface area (Å²) in [5.74, 6) is -0.402. The normalized spacial score (nSPS) is 11.4. The van der Waals surface area contributed by atoms with Crippen LogP contribution in [0.3, 0.4) is 0 Å². The van der Waals surface area contributed by atoms with Crippen molar-refractivity contribution in [2.75, 3.05) is 14.2 Å². The largest absolute Gasteiger partial charge is 0.504 e. The first kappa shape index (κ1) is 12.8. The Bertz CT molecular complexity index is 465. The SMILES string of the molecule is COc1cccc(C(=O)N(C)C(C)C#N)c1O. The van der Waals surface area contributed by atoms with E-state index in [1.54, 1.807) is 19.1 Å². The van der Waals surface area contributed by atoms with E-state index >= 15 is 0 Å². The zero-order chi connectivity index (χ0) is 13.0. The molecule has 17 heavy (non-hydrogen) atoms. The number of carbonyl (C=O) groups is 1. The number of rotatable bonds is 3. The third-order valence-corrected chi connectivity index (χ3v) is 2.54. The number of methoxy groups -OCH3 is 1. The highest BCUT2D eigenvalue weighted by molar-refractivity contribution is 5.97. The molecule has 0 aliphatic carbocycles. The molecule has 5 heteroatoms. The van der Waals surface area contributed by atoms with Gasteiger partial charge in [-0.1, -0.05) is 6.07 Å².